The molecule has 1 rings (SSSR count). The van der Waals surface area contributed by atoms with Crippen LogP contribution in [0.4, 0.5) is 0 Å². The van der Waals surface area contributed by atoms with Crippen molar-refractivity contribution in [3.63, 3.8) is 0 Å². The van der Waals surface area contributed by atoms with Gasteiger partial charge in [-0.1, -0.05) is 29.3 Å². The van der Waals surface area contributed by atoms with E-state index in [1.807, 2.05) is 39.0 Å². The largest absolute Gasteiger partial charge is 0.428 e. The molecule has 0 aromatic heterocycles. The molecule has 0 bridgehead atoms. The Morgan fingerprint density at radius 2 is 1.65 bits per heavy atom. The van der Waals surface area contributed by atoms with Crippen LogP contribution in [0.15, 0.2) is 47.7 Å². The van der Waals surface area contributed by atoms with Crippen LogP contribution in [-0.2, 0) is 4.74 Å². The Labute approximate surface area is 103 Å². The van der Waals surface area contributed by atoms with Crippen LogP contribution in [0.1, 0.15) is 36.7 Å². The summed E-state index contributed by atoms with van der Waals surface area (Å²) in [6.07, 6.45) is 3.71. The molecule has 0 saturated carbocycles. The number of hydrogen-bond acceptors (Lipinski definition) is 2. The molecule has 90 valence electrons. The molecule has 0 heterocycles. The summed E-state index contributed by atoms with van der Waals surface area (Å²) in [6.45, 7) is 7.73. The average Bonchev–Trinajstić information content (AvgIpc) is 2.27. The second kappa shape index (κ2) is 6.04. The maximum atomic E-state index is 11.7. The molecule has 2 nitrogen and oxygen atoms in total. The summed E-state index contributed by atoms with van der Waals surface area (Å²) in [4.78, 5) is 11.7. The van der Waals surface area contributed by atoms with Crippen molar-refractivity contribution in [2.24, 2.45) is 0 Å². The lowest BCUT2D eigenvalue weighted by Gasteiger charge is -2.04. The number of aryl methyl sites for hydroxylation is 1. The number of allylic oxidation sites excluding steroid dienone is 4. The van der Waals surface area contributed by atoms with Gasteiger partial charge in [0.05, 0.1) is 5.56 Å². The first-order valence-electron chi connectivity index (χ1n) is 5.59. The summed E-state index contributed by atoms with van der Waals surface area (Å²) in [5, 5.41) is 0. The normalized spacial score (nSPS) is 10.9. The van der Waals surface area contributed by atoms with Crippen LogP contribution in [0, 0.1) is 6.92 Å². The topological polar surface area (TPSA) is 26.3 Å². The number of carbonyl (C=O) groups is 1. The van der Waals surface area contributed by atoms with Crippen molar-refractivity contribution in [1.29, 1.82) is 0 Å². The summed E-state index contributed by atoms with van der Waals surface area (Å²) in [5.41, 5.74) is 2.86. The molecule has 1 aromatic carbocycles. The lowest BCUT2D eigenvalue weighted by atomic mass is 10.1. The monoisotopic (exact) mass is 230 g/mol. The Hall–Kier alpha value is -1.83. The van der Waals surface area contributed by atoms with Crippen molar-refractivity contribution < 1.29 is 9.53 Å². The van der Waals surface area contributed by atoms with Crippen LogP contribution in [-0.4, -0.2) is 5.97 Å². The van der Waals surface area contributed by atoms with Crippen LogP contribution >= 0.6 is 0 Å². The first kappa shape index (κ1) is 13.2. The van der Waals surface area contributed by atoms with E-state index >= 15 is 0 Å². The third-order valence-electron chi connectivity index (χ3n) is 2.19. The fourth-order valence-corrected chi connectivity index (χ4v) is 1.21. The van der Waals surface area contributed by atoms with Gasteiger partial charge in [-0.25, -0.2) is 4.79 Å². The number of hydrogen-bond donors (Lipinski definition) is 0. The van der Waals surface area contributed by atoms with Gasteiger partial charge in [-0.2, -0.15) is 0 Å². The van der Waals surface area contributed by atoms with E-state index in [9.17, 15) is 4.79 Å². The zero-order chi connectivity index (χ0) is 12.8. The maximum absolute atomic E-state index is 11.7. The van der Waals surface area contributed by atoms with E-state index in [1.165, 1.54) is 0 Å². The lowest BCUT2D eigenvalue weighted by Crippen LogP contribution is -2.03. The summed E-state index contributed by atoms with van der Waals surface area (Å²) >= 11 is 0. The van der Waals surface area contributed by atoms with Gasteiger partial charge in [-0.15, -0.1) is 0 Å². The van der Waals surface area contributed by atoms with Gasteiger partial charge in [0.25, 0.3) is 0 Å². The minimum absolute atomic E-state index is 0.319. The Bertz CT molecular complexity index is 446. The van der Waals surface area contributed by atoms with Crippen molar-refractivity contribution in [3.8, 4) is 0 Å². The molecular formula is C15H18O2. The van der Waals surface area contributed by atoms with Gasteiger partial charge in [0.1, 0.15) is 5.76 Å². The number of ether oxygens (including phenoxy) is 1. The molecule has 0 radical (unpaired) electrons. The van der Waals surface area contributed by atoms with Crippen LogP contribution in [0.3, 0.4) is 0 Å². The fourth-order valence-electron chi connectivity index (χ4n) is 1.21. The van der Waals surface area contributed by atoms with Crippen molar-refractivity contribution >= 4 is 5.97 Å². The minimum atomic E-state index is -0.319. The van der Waals surface area contributed by atoms with E-state index in [1.54, 1.807) is 25.1 Å². The predicted octanol–water partition coefficient (Wildman–Crippen LogP) is 4.02. The van der Waals surface area contributed by atoms with E-state index < -0.39 is 0 Å². The van der Waals surface area contributed by atoms with Gasteiger partial charge in [0, 0.05) is 0 Å². The van der Waals surface area contributed by atoms with Crippen molar-refractivity contribution in [3.05, 3.63) is 58.9 Å². The number of rotatable bonds is 3. The second-order valence-electron chi connectivity index (χ2n) is 4.28. The minimum Gasteiger partial charge on any atom is -0.428 e. The molecule has 0 atom stereocenters. The molecule has 1 aromatic rings. The number of esters is 1. The molecule has 0 aliphatic heterocycles. The fraction of sp³-hybridized carbons (Fsp3) is 0.267. The van der Waals surface area contributed by atoms with Crippen molar-refractivity contribution in [1.82, 2.24) is 0 Å². The summed E-state index contributed by atoms with van der Waals surface area (Å²) in [7, 11) is 0. The quantitative estimate of drug-likeness (QED) is 0.445. The first-order chi connectivity index (χ1) is 7.99. The predicted molar refractivity (Wildman–Crippen MR) is 69.8 cm³/mol. The molecule has 0 saturated heterocycles. The Balaban J connectivity index is 2.70. The molecule has 0 N–H and O–H groups in total. The highest BCUT2D eigenvalue weighted by molar-refractivity contribution is 5.90. The number of carbonyl (C=O) groups excluding carboxylic acids is 1. The highest BCUT2D eigenvalue weighted by Gasteiger charge is 2.06. The van der Waals surface area contributed by atoms with E-state index in [4.69, 9.17) is 4.74 Å². The molecule has 0 unspecified atom stereocenters. The SMILES string of the molecule is CC(C)=CC=C(C)OC(=O)c1ccc(C)cc1. The van der Waals surface area contributed by atoms with Crippen molar-refractivity contribution in [2.45, 2.75) is 27.7 Å². The van der Waals surface area contributed by atoms with E-state index in [0.717, 1.165) is 11.1 Å². The summed E-state index contributed by atoms with van der Waals surface area (Å²) in [5.74, 6) is 0.276. The zero-order valence-electron chi connectivity index (χ0n) is 10.8. The highest BCUT2D eigenvalue weighted by Crippen LogP contribution is 2.08. The zero-order valence-corrected chi connectivity index (χ0v) is 10.8. The molecule has 0 fully saturated rings. The lowest BCUT2D eigenvalue weighted by molar-refractivity contribution is 0.0626. The molecule has 0 aliphatic carbocycles. The smallest absolute Gasteiger partial charge is 0.343 e. The maximum Gasteiger partial charge on any atom is 0.343 e. The van der Waals surface area contributed by atoms with Gasteiger partial charge in [-0.3, -0.25) is 0 Å². The van der Waals surface area contributed by atoms with E-state index in [0.29, 0.717) is 11.3 Å². The molecule has 0 aliphatic rings. The Morgan fingerprint density at radius 3 is 2.18 bits per heavy atom. The van der Waals surface area contributed by atoms with Gasteiger partial charge >= 0.3 is 5.97 Å². The third kappa shape index (κ3) is 4.68. The van der Waals surface area contributed by atoms with Gasteiger partial charge < -0.3 is 4.74 Å². The van der Waals surface area contributed by atoms with Gasteiger partial charge in [-0.05, 0) is 45.9 Å². The van der Waals surface area contributed by atoms with Crippen molar-refractivity contribution in [2.75, 3.05) is 0 Å². The van der Waals surface area contributed by atoms with E-state index in [-0.39, 0.29) is 5.97 Å². The number of benzene rings is 1. The molecule has 17 heavy (non-hydrogen) atoms. The second-order valence-corrected chi connectivity index (χ2v) is 4.28. The van der Waals surface area contributed by atoms with Gasteiger partial charge in [0.2, 0.25) is 0 Å². The summed E-state index contributed by atoms with van der Waals surface area (Å²) in [6, 6.07) is 7.33. The Morgan fingerprint density at radius 1 is 1.06 bits per heavy atom. The highest BCUT2D eigenvalue weighted by atomic mass is 16.5. The third-order valence-corrected chi connectivity index (χ3v) is 2.19. The standard InChI is InChI=1S/C15H18O2/c1-11(2)5-8-13(4)17-15(16)14-9-6-12(3)7-10-14/h5-10H,1-4H3. The summed E-state index contributed by atoms with van der Waals surface area (Å²) < 4.78 is 5.20. The van der Waals surface area contributed by atoms with Crippen LogP contribution in [0.2, 0.25) is 0 Å². The molecule has 0 amide bonds. The van der Waals surface area contributed by atoms with E-state index in [2.05, 4.69) is 0 Å². The molecular weight excluding hydrogens is 212 g/mol. The van der Waals surface area contributed by atoms with Crippen LogP contribution in [0.25, 0.3) is 0 Å². The first-order valence-corrected chi connectivity index (χ1v) is 5.59. The van der Waals surface area contributed by atoms with Gasteiger partial charge in [0.15, 0.2) is 0 Å². The van der Waals surface area contributed by atoms with Crippen LogP contribution < -0.4 is 0 Å². The average molecular weight is 230 g/mol. The Kier molecular flexibility index (Phi) is 4.70. The molecule has 2 heteroatoms. The van der Waals surface area contributed by atoms with Crippen LogP contribution in [0.5, 0.6) is 0 Å². The molecule has 0 spiro atoms.